The number of phenols is 1. The van der Waals surface area contributed by atoms with Gasteiger partial charge in [-0.25, -0.2) is 0 Å². The van der Waals surface area contributed by atoms with Crippen LogP contribution in [0.4, 0.5) is 0 Å². The summed E-state index contributed by atoms with van der Waals surface area (Å²) < 4.78 is 0. The van der Waals surface area contributed by atoms with Crippen LogP contribution in [0.1, 0.15) is 5.56 Å². The second kappa shape index (κ2) is 4.86. The largest absolute Gasteiger partial charge is 0.507 e. The second-order valence-electron chi connectivity index (χ2n) is 1.80. The molecule has 1 rings (SSSR count). The van der Waals surface area contributed by atoms with Gasteiger partial charge in [-0.1, -0.05) is 17.3 Å². The second-order valence-corrected chi connectivity index (χ2v) is 1.80. The number of benzene rings is 1. The number of phenolic OH excluding ortho intramolecular Hbond substituents is 1. The van der Waals surface area contributed by atoms with Gasteiger partial charge in [-0.3, -0.25) is 0 Å². The van der Waals surface area contributed by atoms with Crippen LogP contribution >= 0.6 is 0 Å². The van der Waals surface area contributed by atoms with Crippen molar-refractivity contribution in [2.45, 2.75) is 0 Å². The smallest absolute Gasteiger partial charge is 0.124 e. The van der Waals surface area contributed by atoms with Crippen LogP contribution in [0.25, 0.3) is 0 Å². The Morgan fingerprint density at radius 2 is 1.91 bits per heavy atom. The molecule has 0 aliphatic rings. The number of para-hydroxylation sites is 1. The van der Waals surface area contributed by atoms with Crippen LogP contribution in [0.3, 0.4) is 0 Å². The molecule has 0 amide bonds. The average Bonchev–Trinajstić information content (AvgIpc) is 1.94. The van der Waals surface area contributed by atoms with Crippen molar-refractivity contribution in [3.63, 3.8) is 0 Å². The van der Waals surface area contributed by atoms with E-state index in [1.54, 1.807) is 18.2 Å². The van der Waals surface area contributed by atoms with E-state index < -0.39 is 0 Å². The minimum atomic E-state index is 0. The fourth-order valence-corrected chi connectivity index (χ4v) is 0.659. The van der Waals surface area contributed by atoms with E-state index in [1.165, 1.54) is 12.3 Å². The van der Waals surface area contributed by atoms with Gasteiger partial charge in [0, 0.05) is 25.0 Å². The van der Waals surface area contributed by atoms with Crippen molar-refractivity contribution in [3.05, 3.63) is 29.8 Å². The molecule has 54 valence electrons. The molecule has 1 aromatic carbocycles. The van der Waals surface area contributed by atoms with Gasteiger partial charge >= 0.3 is 0 Å². The molecule has 0 aromatic heterocycles. The van der Waals surface area contributed by atoms with Crippen molar-refractivity contribution in [3.8, 4) is 5.75 Å². The maximum Gasteiger partial charge on any atom is 0.124 e. The maximum absolute atomic E-state index is 9.04. The summed E-state index contributed by atoms with van der Waals surface area (Å²) in [6, 6.07) is 6.62. The summed E-state index contributed by atoms with van der Waals surface area (Å²) in [5, 5.41) is 19.9. The molecular formula is C7H7NO2Zn. The third kappa shape index (κ3) is 2.68. The van der Waals surface area contributed by atoms with E-state index in [9.17, 15) is 0 Å². The monoisotopic (exact) mass is 201 g/mol. The molecule has 2 N–H and O–H groups in total. The Labute approximate surface area is 77.1 Å². The molecule has 0 heterocycles. The Morgan fingerprint density at radius 1 is 1.27 bits per heavy atom. The maximum atomic E-state index is 9.04. The molecule has 1 aromatic rings. The third-order valence-corrected chi connectivity index (χ3v) is 1.13. The fraction of sp³-hybridized carbons (Fsp3) is 0. The molecule has 3 nitrogen and oxygen atoms in total. The Hall–Kier alpha value is -0.887. The topological polar surface area (TPSA) is 52.8 Å². The molecule has 4 heteroatoms. The van der Waals surface area contributed by atoms with E-state index in [0.29, 0.717) is 5.56 Å². The molecule has 0 aliphatic carbocycles. The normalized spacial score (nSPS) is 9.45. The van der Waals surface area contributed by atoms with Crippen molar-refractivity contribution < 1.29 is 29.8 Å². The number of oxime groups is 1. The summed E-state index contributed by atoms with van der Waals surface area (Å²) in [6.45, 7) is 0. The minimum Gasteiger partial charge on any atom is -0.507 e. The average molecular weight is 203 g/mol. The predicted octanol–water partition coefficient (Wildman–Crippen LogP) is 1.20. The zero-order valence-corrected chi connectivity index (χ0v) is 8.90. The number of hydrogen-bond donors (Lipinski definition) is 2. The van der Waals surface area contributed by atoms with Crippen molar-refractivity contribution in [2.24, 2.45) is 5.16 Å². The Morgan fingerprint density at radius 3 is 2.45 bits per heavy atom. The van der Waals surface area contributed by atoms with Crippen LogP contribution in [0, 0.1) is 0 Å². The van der Waals surface area contributed by atoms with Crippen molar-refractivity contribution in [1.29, 1.82) is 0 Å². The molecule has 0 radical (unpaired) electrons. The van der Waals surface area contributed by atoms with E-state index in [0.717, 1.165) is 0 Å². The van der Waals surface area contributed by atoms with Gasteiger partial charge in [-0.15, -0.1) is 0 Å². The standard InChI is InChI=1S/C7H7NO2.Zn/c9-7-4-2-1-3-6(7)5-8-10;/h1-5,9-10H;. The fourth-order valence-electron chi connectivity index (χ4n) is 0.659. The van der Waals surface area contributed by atoms with E-state index >= 15 is 0 Å². The third-order valence-electron chi connectivity index (χ3n) is 1.13. The van der Waals surface area contributed by atoms with Gasteiger partial charge in [-0.05, 0) is 12.1 Å². The van der Waals surface area contributed by atoms with Gasteiger partial charge in [0.1, 0.15) is 5.75 Å². The number of rotatable bonds is 1. The van der Waals surface area contributed by atoms with Crippen molar-refractivity contribution >= 4 is 6.21 Å². The molecule has 0 fully saturated rings. The van der Waals surface area contributed by atoms with Crippen molar-refractivity contribution in [1.82, 2.24) is 0 Å². The van der Waals surface area contributed by atoms with E-state index in [-0.39, 0.29) is 25.2 Å². The quantitative estimate of drug-likeness (QED) is 0.311. The van der Waals surface area contributed by atoms with Gasteiger partial charge in [0.15, 0.2) is 0 Å². The van der Waals surface area contributed by atoms with Crippen LogP contribution in [0.15, 0.2) is 29.4 Å². The van der Waals surface area contributed by atoms with Gasteiger partial charge in [0.2, 0.25) is 0 Å². The minimum absolute atomic E-state index is 0. The van der Waals surface area contributed by atoms with Crippen LogP contribution in [-0.4, -0.2) is 16.5 Å². The zero-order chi connectivity index (χ0) is 7.40. The van der Waals surface area contributed by atoms with E-state index in [4.69, 9.17) is 10.3 Å². The number of aromatic hydroxyl groups is 1. The molecule has 0 saturated heterocycles. The first kappa shape index (κ1) is 10.1. The number of nitrogens with zero attached hydrogens (tertiary/aromatic N) is 1. The zero-order valence-electron chi connectivity index (χ0n) is 5.94. The van der Waals surface area contributed by atoms with Gasteiger partial charge in [0.05, 0.1) is 6.21 Å². The summed E-state index contributed by atoms with van der Waals surface area (Å²) >= 11 is 0. The van der Waals surface area contributed by atoms with E-state index in [2.05, 4.69) is 5.16 Å². The van der Waals surface area contributed by atoms with Crippen LogP contribution in [0.5, 0.6) is 5.75 Å². The molecule has 11 heavy (non-hydrogen) atoms. The summed E-state index contributed by atoms with van der Waals surface area (Å²) in [5.41, 5.74) is 0.505. The molecule has 0 saturated carbocycles. The first-order valence-corrected chi connectivity index (χ1v) is 2.80. The van der Waals surface area contributed by atoms with Gasteiger partial charge in [-0.2, -0.15) is 0 Å². The molecular weight excluding hydrogens is 195 g/mol. The van der Waals surface area contributed by atoms with Crippen LogP contribution in [-0.2, 0) is 19.5 Å². The molecule has 0 atom stereocenters. The van der Waals surface area contributed by atoms with Crippen LogP contribution in [0.2, 0.25) is 0 Å². The SMILES string of the molecule is ON=Cc1ccccc1O.[Zn]. The molecule has 0 unspecified atom stereocenters. The summed E-state index contributed by atoms with van der Waals surface area (Å²) in [7, 11) is 0. The predicted molar refractivity (Wildman–Crippen MR) is 37.5 cm³/mol. The summed E-state index contributed by atoms with van der Waals surface area (Å²) in [4.78, 5) is 0. The Bertz CT molecular complexity index is 250. The molecule has 0 bridgehead atoms. The summed E-state index contributed by atoms with van der Waals surface area (Å²) in [6.07, 6.45) is 1.18. The Kier molecular flexibility index (Phi) is 4.47. The van der Waals surface area contributed by atoms with Gasteiger partial charge < -0.3 is 10.3 Å². The first-order valence-electron chi connectivity index (χ1n) is 2.80. The van der Waals surface area contributed by atoms with Crippen molar-refractivity contribution in [2.75, 3.05) is 0 Å². The van der Waals surface area contributed by atoms with Gasteiger partial charge in [0.25, 0.3) is 0 Å². The number of hydrogen-bond acceptors (Lipinski definition) is 3. The molecule has 0 spiro atoms. The van der Waals surface area contributed by atoms with E-state index in [1.807, 2.05) is 0 Å². The first-order chi connectivity index (χ1) is 4.84. The Balaban J connectivity index is 0.000001000. The van der Waals surface area contributed by atoms with Crippen LogP contribution < -0.4 is 0 Å². The summed E-state index contributed by atoms with van der Waals surface area (Å²) in [5.74, 6) is 0.111. The molecule has 0 aliphatic heterocycles.